The first-order valence-corrected chi connectivity index (χ1v) is 8.30. The first-order chi connectivity index (χ1) is 12.1. The average Bonchev–Trinajstić information content (AvgIpc) is 2.96. The number of aromatic nitrogens is 1. The fourth-order valence-corrected chi connectivity index (χ4v) is 3.21. The van der Waals surface area contributed by atoms with Crippen LogP contribution >= 0.6 is 0 Å². The monoisotopic (exact) mass is 336 g/mol. The second kappa shape index (κ2) is 6.16. The summed E-state index contributed by atoms with van der Waals surface area (Å²) in [4.78, 5) is 14.4. The van der Waals surface area contributed by atoms with E-state index in [4.69, 9.17) is 9.47 Å². The molecule has 0 saturated carbocycles. The van der Waals surface area contributed by atoms with Gasteiger partial charge in [0.25, 0.3) is 5.91 Å². The van der Waals surface area contributed by atoms with Crippen molar-refractivity contribution in [1.82, 2.24) is 9.47 Å². The molecule has 25 heavy (non-hydrogen) atoms. The van der Waals surface area contributed by atoms with Crippen LogP contribution in [0.25, 0.3) is 10.9 Å². The summed E-state index contributed by atoms with van der Waals surface area (Å²) in [5, 5.41) is 1.17. The summed E-state index contributed by atoms with van der Waals surface area (Å²) in [7, 11) is 3.82. The molecule has 0 saturated heterocycles. The van der Waals surface area contributed by atoms with Gasteiger partial charge in [-0.05, 0) is 29.7 Å². The topological polar surface area (TPSA) is 43.7 Å². The summed E-state index contributed by atoms with van der Waals surface area (Å²) in [5.74, 6) is 1.22. The number of rotatable bonds is 3. The van der Waals surface area contributed by atoms with E-state index in [1.807, 2.05) is 43.4 Å². The van der Waals surface area contributed by atoms with Crippen molar-refractivity contribution in [2.75, 3.05) is 13.7 Å². The highest BCUT2D eigenvalue weighted by Gasteiger charge is 2.30. The molecule has 0 unspecified atom stereocenters. The SMILES string of the molecule is CN(Cc1cc2ccccc2n1C)C(=O)[C@@H]1COc2ccccc2O1. The maximum atomic E-state index is 12.8. The smallest absolute Gasteiger partial charge is 0.267 e. The van der Waals surface area contributed by atoms with Crippen LogP contribution in [0.5, 0.6) is 11.5 Å². The van der Waals surface area contributed by atoms with Crippen LogP contribution in [-0.2, 0) is 18.4 Å². The molecule has 1 aliphatic rings. The third-order valence-corrected chi connectivity index (χ3v) is 4.61. The molecule has 128 valence electrons. The highest BCUT2D eigenvalue weighted by molar-refractivity contribution is 5.83. The van der Waals surface area contributed by atoms with Gasteiger partial charge in [-0.3, -0.25) is 4.79 Å². The van der Waals surface area contributed by atoms with E-state index in [1.54, 1.807) is 11.9 Å². The van der Waals surface area contributed by atoms with E-state index in [1.165, 1.54) is 5.39 Å². The predicted molar refractivity (Wildman–Crippen MR) is 95.7 cm³/mol. The maximum absolute atomic E-state index is 12.8. The number of carbonyl (C=O) groups excluding carboxylic acids is 1. The van der Waals surface area contributed by atoms with Gasteiger partial charge >= 0.3 is 0 Å². The first kappa shape index (κ1) is 15.6. The minimum absolute atomic E-state index is 0.0836. The number of para-hydroxylation sites is 3. The Hall–Kier alpha value is -2.95. The Kier molecular flexibility index (Phi) is 3.84. The Morgan fingerprint density at radius 2 is 1.88 bits per heavy atom. The summed E-state index contributed by atoms with van der Waals surface area (Å²) < 4.78 is 13.6. The van der Waals surface area contributed by atoms with Gasteiger partial charge in [0.05, 0.1) is 6.54 Å². The fourth-order valence-electron chi connectivity index (χ4n) is 3.21. The normalized spacial score (nSPS) is 16.0. The summed E-state index contributed by atoms with van der Waals surface area (Å²) in [5.41, 5.74) is 2.23. The minimum Gasteiger partial charge on any atom is -0.485 e. The van der Waals surface area contributed by atoms with Gasteiger partial charge in [-0.1, -0.05) is 30.3 Å². The van der Waals surface area contributed by atoms with Crippen LogP contribution in [0.2, 0.25) is 0 Å². The number of fused-ring (bicyclic) bond motifs is 2. The highest BCUT2D eigenvalue weighted by Crippen LogP contribution is 2.31. The van der Waals surface area contributed by atoms with Gasteiger partial charge < -0.3 is 18.9 Å². The number of benzene rings is 2. The highest BCUT2D eigenvalue weighted by atomic mass is 16.6. The Labute approximate surface area is 146 Å². The van der Waals surface area contributed by atoms with Gasteiger partial charge in [0.15, 0.2) is 11.5 Å². The van der Waals surface area contributed by atoms with Crippen molar-refractivity contribution in [3.05, 3.63) is 60.3 Å². The van der Waals surface area contributed by atoms with E-state index in [2.05, 4.69) is 22.8 Å². The number of ether oxygens (including phenoxy) is 2. The van der Waals surface area contributed by atoms with Crippen molar-refractivity contribution in [3.8, 4) is 11.5 Å². The molecule has 3 aromatic rings. The van der Waals surface area contributed by atoms with Crippen molar-refractivity contribution in [1.29, 1.82) is 0 Å². The number of hydrogen-bond donors (Lipinski definition) is 0. The van der Waals surface area contributed by atoms with Crippen LogP contribution in [0.1, 0.15) is 5.69 Å². The van der Waals surface area contributed by atoms with Gasteiger partial charge in [-0.2, -0.15) is 0 Å². The zero-order chi connectivity index (χ0) is 17.4. The van der Waals surface area contributed by atoms with E-state index in [0.717, 1.165) is 11.2 Å². The van der Waals surface area contributed by atoms with E-state index < -0.39 is 6.10 Å². The summed E-state index contributed by atoms with van der Waals surface area (Å²) in [6, 6.07) is 17.7. The van der Waals surface area contributed by atoms with Gasteiger partial charge in [0.2, 0.25) is 6.10 Å². The number of aryl methyl sites for hydroxylation is 1. The van der Waals surface area contributed by atoms with Crippen molar-refractivity contribution >= 4 is 16.8 Å². The van der Waals surface area contributed by atoms with Gasteiger partial charge in [0.1, 0.15) is 6.61 Å². The average molecular weight is 336 g/mol. The van der Waals surface area contributed by atoms with Gasteiger partial charge in [-0.15, -0.1) is 0 Å². The molecular weight excluding hydrogens is 316 g/mol. The van der Waals surface area contributed by atoms with Gasteiger partial charge in [0, 0.05) is 25.3 Å². The van der Waals surface area contributed by atoms with E-state index in [-0.39, 0.29) is 12.5 Å². The molecule has 0 bridgehead atoms. The molecule has 5 heteroatoms. The molecule has 0 fully saturated rings. The molecule has 1 aliphatic heterocycles. The minimum atomic E-state index is -0.616. The molecule has 1 amide bonds. The lowest BCUT2D eigenvalue weighted by molar-refractivity contribution is -0.140. The van der Waals surface area contributed by atoms with Crippen LogP contribution in [0.15, 0.2) is 54.6 Å². The lowest BCUT2D eigenvalue weighted by atomic mass is 10.2. The van der Waals surface area contributed by atoms with Crippen molar-refractivity contribution in [2.24, 2.45) is 7.05 Å². The maximum Gasteiger partial charge on any atom is 0.267 e. The molecule has 1 atom stereocenters. The lowest BCUT2D eigenvalue weighted by Gasteiger charge is -2.28. The van der Waals surface area contributed by atoms with E-state index in [9.17, 15) is 4.79 Å². The van der Waals surface area contributed by atoms with E-state index in [0.29, 0.717) is 18.0 Å². The Morgan fingerprint density at radius 3 is 2.68 bits per heavy atom. The van der Waals surface area contributed by atoms with E-state index >= 15 is 0 Å². The standard InChI is InChI=1S/C20H20N2O3/c1-21(12-15-11-14-7-3-4-8-16(14)22(15)2)20(23)19-13-24-17-9-5-6-10-18(17)25-19/h3-11,19H,12-13H2,1-2H3/t19-/m0/s1. The number of amides is 1. The van der Waals surface area contributed by atoms with Crippen LogP contribution in [0.3, 0.4) is 0 Å². The second-order valence-electron chi connectivity index (χ2n) is 6.31. The van der Waals surface area contributed by atoms with Crippen molar-refractivity contribution in [2.45, 2.75) is 12.6 Å². The first-order valence-electron chi connectivity index (χ1n) is 8.30. The molecule has 0 N–H and O–H groups in total. The van der Waals surface area contributed by atoms with Crippen molar-refractivity contribution < 1.29 is 14.3 Å². The van der Waals surface area contributed by atoms with Crippen LogP contribution < -0.4 is 9.47 Å². The number of carbonyl (C=O) groups is 1. The third kappa shape index (κ3) is 2.82. The molecule has 5 nitrogen and oxygen atoms in total. The number of hydrogen-bond acceptors (Lipinski definition) is 3. The van der Waals surface area contributed by atoms with Crippen LogP contribution in [0, 0.1) is 0 Å². The summed E-state index contributed by atoms with van der Waals surface area (Å²) >= 11 is 0. The molecule has 0 aliphatic carbocycles. The Bertz CT molecular complexity index is 932. The molecule has 2 heterocycles. The quantitative estimate of drug-likeness (QED) is 0.738. The molecule has 1 aromatic heterocycles. The second-order valence-corrected chi connectivity index (χ2v) is 6.31. The van der Waals surface area contributed by atoms with Crippen LogP contribution in [0.4, 0.5) is 0 Å². The molecular formula is C20H20N2O3. The number of likely N-dealkylation sites (N-methyl/N-ethyl adjacent to an activating group) is 1. The predicted octanol–water partition coefficient (Wildman–Crippen LogP) is 2.98. The summed E-state index contributed by atoms with van der Waals surface area (Å²) in [6.45, 7) is 0.751. The molecule has 0 spiro atoms. The Morgan fingerprint density at radius 1 is 1.16 bits per heavy atom. The third-order valence-electron chi connectivity index (χ3n) is 4.61. The Balaban J connectivity index is 1.50. The zero-order valence-corrected chi connectivity index (χ0v) is 14.3. The molecule has 2 aromatic carbocycles. The fraction of sp³-hybridized carbons (Fsp3) is 0.250. The van der Waals surface area contributed by atoms with Gasteiger partial charge in [-0.25, -0.2) is 0 Å². The largest absolute Gasteiger partial charge is 0.485 e. The van der Waals surface area contributed by atoms with Crippen molar-refractivity contribution in [3.63, 3.8) is 0 Å². The molecule has 0 radical (unpaired) electrons. The molecule has 4 rings (SSSR count). The zero-order valence-electron chi connectivity index (χ0n) is 14.3. The lowest BCUT2D eigenvalue weighted by Crippen LogP contribution is -2.44. The summed E-state index contributed by atoms with van der Waals surface area (Å²) in [6.07, 6.45) is -0.616. The number of nitrogens with zero attached hydrogens (tertiary/aromatic N) is 2. The van der Waals surface area contributed by atoms with Crippen LogP contribution in [-0.4, -0.2) is 35.1 Å².